The number of carbonyl (C=O) groups is 1. The van der Waals surface area contributed by atoms with E-state index in [1.54, 1.807) is 4.90 Å². The SMILES string of the molecule is CNCCN(C)C(=O)c1cccc(CN2CCCC2)c1.Cl.Cl. The van der Waals surface area contributed by atoms with Crippen LogP contribution in [0.25, 0.3) is 0 Å². The Morgan fingerprint density at radius 2 is 1.95 bits per heavy atom. The lowest BCUT2D eigenvalue weighted by Gasteiger charge is -2.18. The van der Waals surface area contributed by atoms with E-state index in [1.165, 1.54) is 31.5 Å². The summed E-state index contributed by atoms with van der Waals surface area (Å²) >= 11 is 0. The maximum Gasteiger partial charge on any atom is 0.253 e. The lowest BCUT2D eigenvalue weighted by Crippen LogP contribution is -2.32. The van der Waals surface area contributed by atoms with Crippen LogP contribution in [0.2, 0.25) is 0 Å². The number of rotatable bonds is 6. The molecule has 0 radical (unpaired) electrons. The van der Waals surface area contributed by atoms with Gasteiger partial charge in [-0.1, -0.05) is 12.1 Å². The van der Waals surface area contributed by atoms with E-state index in [0.717, 1.165) is 25.2 Å². The van der Waals surface area contributed by atoms with Crippen molar-refractivity contribution in [1.29, 1.82) is 0 Å². The van der Waals surface area contributed by atoms with Gasteiger partial charge >= 0.3 is 0 Å². The lowest BCUT2D eigenvalue weighted by atomic mass is 10.1. The van der Waals surface area contributed by atoms with E-state index in [-0.39, 0.29) is 30.7 Å². The third-order valence-electron chi connectivity index (χ3n) is 3.82. The van der Waals surface area contributed by atoms with Crippen molar-refractivity contribution in [1.82, 2.24) is 15.1 Å². The number of halogens is 2. The van der Waals surface area contributed by atoms with Gasteiger partial charge in [0.2, 0.25) is 0 Å². The molecule has 0 bridgehead atoms. The summed E-state index contributed by atoms with van der Waals surface area (Å²) in [6, 6.07) is 8.05. The summed E-state index contributed by atoms with van der Waals surface area (Å²) in [5.74, 6) is 0.100. The van der Waals surface area contributed by atoms with Gasteiger partial charge in [0.15, 0.2) is 0 Å². The van der Waals surface area contributed by atoms with Gasteiger partial charge in [-0.05, 0) is 50.7 Å². The Hall–Kier alpha value is -0.810. The van der Waals surface area contributed by atoms with Crippen LogP contribution in [0.4, 0.5) is 0 Å². The van der Waals surface area contributed by atoms with Gasteiger partial charge in [-0.3, -0.25) is 9.69 Å². The topological polar surface area (TPSA) is 35.6 Å². The van der Waals surface area contributed by atoms with Crippen LogP contribution in [-0.2, 0) is 6.54 Å². The van der Waals surface area contributed by atoms with Crippen molar-refractivity contribution in [3.8, 4) is 0 Å². The van der Waals surface area contributed by atoms with Crippen LogP contribution in [-0.4, -0.2) is 56.0 Å². The second kappa shape index (κ2) is 10.8. The highest BCUT2D eigenvalue weighted by molar-refractivity contribution is 5.94. The number of nitrogens with one attached hydrogen (secondary N) is 1. The minimum absolute atomic E-state index is 0. The van der Waals surface area contributed by atoms with Crippen LogP contribution in [0.1, 0.15) is 28.8 Å². The van der Waals surface area contributed by atoms with E-state index < -0.39 is 0 Å². The average Bonchev–Trinajstić information content (AvgIpc) is 2.97. The zero-order chi connectivity index (χ0) is 14.4. The first-order valence-corrected chi connectivity index (χ1v) is 7.42. The van der Waals surface area contributed by atoms with Crippen molar-refractivity contribution >= 4 is 30.7 Å². The quantitative estimate of drug-likeness (QED) is 0.858. The first kappa shape index (κ1) is 21.2. The average molecular weight is 348 g/mol. The molecule has 0 unspecified atom stereocenters. The van der Waals surface area contributed by atoms with E-state index >= 15 is 0 Å². The molecule has 1 amide bonds. The maximum atomic E-state index is 12.3. The third kappa shape index (κ3) is 6.13. The highest BCUT2D eigenvalue weighted by Gasteiger charge is 2.14. The molecule has 0 aliphatic carbocycles. The molecule has 6 heteroatoms. The van der Waals surface area contributed by atoms with E-state index in [2.05, 4.69) is 16.3 Å². The molecule has 0 spiro atoms. The molecule has 1 aliphatic rings. The molecule has 0 aromatic heterocycles. The largest absolute Gasteiger partial charge is 0.340 e. The summed E-state index contributed by atoms with van der Waals surface area (Å²) in [6.45, 7) is 4.86. The van der Waals surface area contributed by atoms with Crippen molar-refractivity contribution < 1.29 is 4.79 Å². The molecule has 1 heterocycles. The van der Waals surface area contributed by atoms with E-state index in [0.29, 0.717) is 0 Å². The third-order valence-corrected chi connectivity index (χ3v) is 3.82. The number of hydrogen-bond donors (Lipinski definition) is 1. The first-order chi connectivity index (χ1) is 9.70. The Kier molecular flexibility index (Phi) is 10.4. The Morgan fingerprint density at radius 3 is 2.59 bits per heavy atom. The maximum absolute atomic E-state index is 12.3. The van der Waals surface area contributed by atoms with Gasteiger partial charge in [0.1, 0.15) is 0 Å². The molecule has 0 saturated carbocycles. The summed E-state index contributed by atoms with van der Waals surface area (Å²) in [4.78, 5) is 16.5. The van der Waals surface area contributed by atoms with E-state index in [1.807, 2.05) is 32.3 Å². The van der Waals surface area contributed by atoms with Gasteiger partial charge in [-0.2, -0.15) is 0 Å². The fourth-order valence-corrected chi connectivity index (χ4v) is 2.60. The number of amides is 1. The first-order valence-electron chi connectivity index (χ1n) is 7.42. The van der Waals surface area contributed by atoms with Crippen LogP contribution in [0.15, 0.2) is 24.3 Å². The molecule has 1 saturated heterocycles. The van der Waals surface area contributed by atoms with E-state index in [9.17, 15) is 4.79 Å². The smallest absolute Gasteiger partial charge is 0.253 e. The van der Waals surface area contributed by atoms with E-state index in [4.69, 9.17) is 0 Å². The molecule has 0 atom stereocenters. The zero-order valence-electron chi connectivity index (χ0n) is 13.4. The van der Waals surface area contributed by atoms with Crippen molar-refractivity contribution in [2.75, 3.05) is 40.3 Å². The van der Waals surface area contributed by atoms with Gasteiger partial charge in [-0.25, -0.2) is 0 Å². The molecular weight excluding hydrogens is 321 g/mol. The summed E-state index contributed by atoms with van der Waals surface area (Å²) in [7, 11) is 3.75. The molecule has 2 rings (SSSR count). The number of carbonyl (C=O) groups excluding carboxylic acids is 1. The molecule has 22 heavy (non-hydrogen) atoms. The van der Waals surface area contributed by atoms with Crippen LogP contribution < -0.4 is 5.32 Å². The minimum atomic E-state index is 0. The molecule has 4 nitrogen and oxygen atoms in total. The number of likely N-dealkylation sites (N-methyl/N-ethyl adjacent to an activating group) is 2. The molecule has 1 aromatic carbocycles. The summed E-state index contributed by atoms with van der Waals surface area (Å²) in [5.41, 5.74) is 2.03. The molecule has 1 N–H and O–H groups in total. The van der Waals surface area contributed by atoms with Crippen LogP contribution >= 0.6 is 24.8 Å². The van der Waals surface area contributed by atoms with Gasteiger partial charge < -0.3 is 10.2 Å². The van der Waals surface area contributed by atoms with Crippen LogP contribution in [0, 0.1) is 0 Å². The van der Waals surface area contributed by atoms with Gasteiger partial charge in [0.25, 0.3) is 5.91 Å². The predicted octanol–water partition coefficient (Wildman–Crippen LogP) is 2.42. The van der Waals surface area contributed by atoms with Crippen molar-refractivity contribution in [2.24, 2.45) is 0 Å². The van der Waals surface area contributed by atoms with Crippen LogP contribution in [0.5, 0.6) is 0 Å². The lowest BCUT2D eigenvalue weighted by molar-refractivity contribution is 0.0796. The molecule has 1 aromatic rings. The fraction of sp³-hybridized carbons (Fsp3) is 0.562. The Bertz CT molecular complexity index is 451. The normalized spacial score (nSPS) is 14.1. The highest BCUT2D eigenvalue weighted by Crippen LogP contribution is 2.14. The molecule has 1 fully saturated rings. The Morgan fingerprint density at radius 1 is 1.27 bits per heavy atom. The summed E-state index contributed by atoms with van der Waals surface area (Å²) in [6.07, 6.45) is 2.59. The number of hydrogen-bond acceptors (Lipinski definition) is 3. The number of nitrogens with zero attached hydrogens (tertiary/aromatic N) is 2. The predicted molar refractivity (Wildman–Crippen MR) is 96.3 cm³/mol. The Balaban J connectivity index is 0.00000220. The molecule has 126 valence electrons. The van der Waals surface area contributed by atoms with Crippen molar-refractivity contribution in [2.45, 2.75) is 19.4 Å². The van der Waals surface area contributed by atoms with Crippen molar-refractivity contribution in [3.63, 3.8) is 0 Å². The fourth-order valence-electron chi connectivity index (χ4n) is 2.60. The Labute approximate surface area is 146 Å². The monoisotopic (exact) mass is 347 g/mol. The van der Waals surface area contributed by atoms with Crippen LogP contribution in [0.3, 0.4) is 0 Å². The second-order valence-electron chi connectivity index (χ2n) is 5.51. The second-order valence-corrected chi connectivity index (χ2v) is 5.51. The van der Waals surface area contributed by atoms with Gasteiger partial charge in [0.05, 0.1) is 0 Å². The summed E-state index contributed by atoms with van der Waals surface area (Å²) in [5, 5.41) is 3.06. The van der Waals surface area contributed by atoms with Crippen molar-refractivity contribution in [3.05, 3.63) is 35.4 Å². The zero-order valence-corrected chi connectivity index (χ0v) is 15.0. The minimum Gasteiger partial charge on any atom is -0.340 e. The highest BCUT2D eigenvalue weighted by atomic mass is 35.5. The number of likely N-dealkylation sites (tertiary alicyclic amines) is 1. The number of benzene rings is 1. The van der Waals surface area contributed by atoms with Gasteiger partial charge in [-0.15, -0.1) is 24.8 Å². The standard InChI is InChI=1S/C16H25N3O.2ClH/c1-17-8-11-18(2)16(20)15-7-5-6-14(12-15)13-19-9-3-4-10-19;;/h5-7,12,17H,3-4,8-11,13H2,1-2H3;2*1H. The molecule has 1 aliphatic heterocycles. The molecular formula is C16H27Cl2N3O. The van der Waals surface area contributed by atoms with Gasteiger partial charge in [0, 0.05) is 32.2 Å². The summed E-state index contributed by atoms with van der Waals surface area (Å²) < 4.78 is 0.